The van der Waals surface area contributed by atoms with Gasteiger partial charge in [-0.3, -0.25) is 19.7 Å². The molecule has 0 bridgehead atoms. The Morgan fingerprint density at radius 1 is 1.24 bits per heavy atom. The summed E-state index contributed by atoms with van der Waals surface area (Å²) in [6, 6.07) is 0.212. The smallest absolute Gasteiger partial charge is 0.259 e. The van der Waals surface area contributed by atoms with E-state index in [0.29, 0.717) is 5.56 Å². The number of fused-ring (bicyclic) bond motifs is 1. The van der Waals surface area contributed by atoms with Gasteiger partial charge in [0.2, 0.25) is 11.8 Å². The van der Waals surface area contributed by atoms with Gasteiger partial charge in [-0.15, -0.1) is 0 Å². The van der Waals surface area contributed by atoms with Crippen molar-refractivity contribution in [1.29, 1.82) is 0 Å². The van der Waals surface area contributed by atoms with Crippen LogP contribution >= 0.6 is 0 Å². The highest BCUT2D eigenvalue weighted by Gasteiger charge is 2.41. The quantitative estimate of drug-likeness (QED) is 0.237. The molecule has 1 saturated heterocycles. The number of benzene rings is 1. The number of nitrogen functional groups attached to an aromatic ring is 1. The molecule has 1 aromatic carbocycles. The SMILES string of the molecule is Nc1c(O)cc(O)c2c1CN(C1CCC(=O)NC1=O)C2=O. The maximum Gasteiger partial charge on any atom is 0.259 e. The summed E-state index contributed by atoms with van der Waals surface area (Å²) < 4.78 is 0. The maximum absolute atomic E-state index is 12.4. The van der Waals surface area contributed by atoms with Gasteiger partial charge in [0.1, 0.15) is 17.5 Å². The molecule has 2 heterocycles. The molecule has 0 saturated carbocycles. The van der Waals surface area contributed by atoms with Gasteiger partial charge in [0.05, 0.1) is 11.3 Å². The lowest BCUT2D eigenvalue weighted by Crippen LogP contribution is -2.52. The molecule has 0 aliphatic carbocycles. The first-order valence-electron chi connectivity index (χ1n) is 6.38. The average molecular weight is 291 g/mol. The van der Waals surface area contributed by atoms with Crippen LogP contribution in [0.1, 0.15) is 28.8 Å². The number of nitrogens with one attached hydrogen (secondary N) is 1. The van der Waals surface area contributed by atoms with Crippen molar-refractivity contribution in [3.8, 4) is 11.5 Å². The van der Waals surface area contributed by atoms with E-state index < -0.39 is 17.9 Å². The van der Waals surface area contributed by atoms with Crippen molar-refractivity contribution in [2.24, 2.45) is 0 Å². The number of hydrogen-bond acceptors (Lipinski definition) is 6. The third-order valence-electron chi connectivity index (χ3n) is 3.82. The highest BCUT2D eigenvalue weighted by atomic mass is 16.3. The fraction of sp³-hybridized carbons (Fsp3) is 0.308. The molecule has 21 heavy (non-hydrogen) atoms. The van der Waals surface area contributed by atoms with Gasteiger partial charge < -0.3 is 20.8 Å². The van der Waals surface area contributed by atoms with E-state index in [-0.39, 0.29) is 48.0 Å². The van der Waals surface area contributed by atoms with Crippen LogP contribution in [0.4, 0.5) is 5.69 Å². The Morgan fingerprint density at radius 3 is 2.62 bits per heavy atom. The standard InChI is InChI=1S/C13H13N3O5/c14-11-5-4-16(6-1-2-9(19)15-12(6)20)13(21)10(5)7(17)3-8(11)18/h3,6,17-18H,1-2,4,14H2,(H,15,19,20). The largest absolute Gasteiger partial charge is 0.507 e. The molecule has 3 amide bonds. The number of phenols is 2. The number of phenolic OH excluding ortho intramolecular Hbond substituents is 2. The van der Waals surface area contributed by atoms with Gasteiger partial charge in [-0.1, -0.05) is 0 Å². The molecule has 1 unspecified atom stereocenters. The molecule has 110 valence electrons. The lowest BCUT2D eigenvalue weighted by molar-refractivity contribution is -0.136. The van der Waals surface area contributed by atoms with Crippen LogP contribution in [-0.4, -0.2) is 38.9 Å². The van der Waals surface area contributed by atoms with Crippen molar-refractivity contribution in [3.05, 3.63) is 17.2 Å². The normalized spacial score (nSPS) is 21.4. The van der Waals surface area contributed by atoms with Crippen LogP contribution in [0.25, 0.3) is 0 Å². The molecule has 2 aliphatic heterocycles. The predicted octanol–water partition coefficient (Wildman–Crippen LogP) is -0.559. The fourth-order valence-corrected chi connectivity index (χ4v) is 2.74. The predicted molar refractivity (Wildman–Crippen MR) is 70.2 cm³/mol. The first kappa shape index (κ1) is 13.2. The van der Waals surface area contributed by atoms with Crippen LogP contribution in [0.5, 0.6) is 11.5 Å². The molecule has 3 rings (SSSR count). The fourth-order valence-electron chi connectivity index (χ4n) is 2.74. The Morgan fingerprint density at radius 2 is 1.95 bits per heavy atom. The number of piperidine rings is 1. The van der Waals surface area contributed by atoms with E-state index in [1.165, 1.54) is 4.90 Å². The number of carbonyl (C=O) groups excluding carboxylic acids is 3. The molecule has 0 spiro atoms. The van der Waals surface area contributed by atoms with E-state index in [1.807, 2.05) is 0 Å². The van der Waals surface area contributed by atoms with Crippen LogP contribution in [0.3, 0.4) is 0 Å². The second-order valence-electron chi connectivity index (χ2n) is 5.08. The van der Waals surface area contributed by atoms with Crippen LogP contribution < -0.4 is 11.1 Å². The number of anilines is 1. The topological polar surface area (TPSA) is 133 Å². The van der Waals surface area contributed by atoms with Crippen LogP contribution in [0, 0.1) is 0 Å². The number of carbonyl (C=O) groups is 3. The molecule has 8 nitrogen and oxygen atoms in total. The summed E-state index contributed by atoms with van der Waals surface area (Å²) in [4.78, 5) is 36.6. The van der Waals surface area contributed by atoms with E-state index in [0.717, 1.165) is 6.07 Å². The number of rotatable bonds is 1. The summed E-state index contributed by atoms with van der Waals surface area (Å²) in [5, 5.41) is 21.6. The third-order valence-corrected chi connectivity index (χ3v) is 3.82. The molecule has 1 atom stereocenters. The van der Waals surface area contributed by atoms with Gasteiger partial charge in [0.25, 0.3) is 5.91 Å². The zero-order valence-corrected chi connectivity index (χ0v) is 10.9. The summed E-state index contributed by atoms with van der Waals surface area (Å²) in [6.07, 6.45) is 0.361. The number of imide groups is 1. The van der Waals surface area contributed by atoms with Gasteiger partial charge in [-0.05, 0) is 6.42 Å². The van der Waals surface area contributed by atoms with Crippen LogP contribution in [-0.2, 0) is 16.1 Å². The molecule has 5 N–H and O–H groups in total. The Hall–Kier alpha value is -2.77. The average Bonchev–Trinajstić information content (AvgIpc) is 2.75. The first-order valence-corrected chi connectivity index (χ1v) is 6.38. The van der Waals surface area contributed by atoms with Gasteiger partial charge in [-0.25, -0.2) is 0 Å². The van der Waals surface area contributed by atoms with Crippen LogP contribution in [0.2, 0.25) is 0 Å². The van der Waals surface area contributed by atoms with Crippen molar-refractivity contribution < 1.29 is 24.6 Å². The minimum absolute atomic E-state index is 0.00463. The molecular weight excluding hydrogens is 278 g/mol. The number of nitrogens with zero attached hydrogens (tertiary/aromatic N) is 1. The molecule has 1 aromatic rings. The summed E-state index contributed by atoms with van der Waals surface area (Å²) in [6.45, 7) is 0.00817. The summed E-state index contributed by atoms with van der Waals surface area (Å²) in [5.74, 6) is -2.15. The number of amides is 3. The molecule has 0 aromatic heterocycles. The second-order valence-corrected chi connectivity index (χ2v) is 5.08. The Bertz CT molecular complexity index is 685. The van der Waals surface area contributed by atoms with Gasteiger partial charge in [0, 0.05) is 24.6 Å². The van der Waals surface area contributed by atoms with E-state index in [4.69, 9.17) is 5.73 Å². The monoisotopic (exact) mass is 291 g/mol. The minimum atomic E-state index is -0.788. The highest BCUT2D eigenvalue weighted by molar-refractivity contribution is 6.07. The highest BCUT2D eigenvalue weighted by Crippen LogP contribution is 2.40. The van der Waals surface area contributed by atoms with Crippen molar-refractivity contribution in [2.45, 2.75) is 25.4 Å². The molecule has 0 radical (unpaired) electrons. The van der Waals surface area contributed by atoms with Crippen molar-refractivity contribution in [3.63, 3.8) is 0 Å². The maximum atomic E-state index is 12.4. The van der Waals surface area contributed by atoms with Gasteiger partial charge in [0.15, 0.2) is 0 Å². The van der Waals surface area contributed by atoms with E-state index in [1.54, 1.807) is 0 Å². The second kappa shape index (κ2) is 4.37. The lowest BCUT2D eigenvalue weighted by atomic mass is 10.0. The Balaban J connectivity index is 1.97. The summed E-state index contributed by atoms with van der Waals surface area (Å²) in [5.41, 5.74) is 6.01. The minimum Gasteiger partial charge on any atom is -0.507 e. The summed E-state index contributed by atoms with van der Waals surface area (Å²) in [7, 11) is 0. The van der Waals surface area contributed by atoms with Gasteiger partial charge in [-0.2, -0.15) is 0 Å². The third kappa shape index (κ3) is 1.87. The number of nitrogens with two attached hydrogens (primary N) is 1. The van der Waals surface area contributed by atoms with E-state index in [9.17, 15) is 24.6 Å². The molecule has 1 fully saturated rings. The molecule has 8 heteroatoms. The number of aromatic hydroxyl groups is 2. The Labute approximate surface area is 119 Å². The molecular formula is C13H13N3O5. The van der Waals surface area contributed by atoms with E-state index in [2.05, 4.69) is 5.32 Å². The van der Waals surface area contributed by atoms with Gasteiger partial charge >= 0.3 is 0 Å². The number of hydrogen-bond donors (Lipinski definition) is 4. The van der Waals surface area contributed by atoms with E-state index >= 15 is 0 Å². The first-order chi connectivity index (χ1) is 9.90. The van der Waals surface area contributed by atoms with Crippen molar-refractivity contribution in [2.75, 3.05) is 5.73 Å². The van der Waals surface area contributed by atoms with Crippen molar-refractivity contribution >= 4 is 23.4 Å². The Kier molecular flexibility index (Phi) is 2.75. The van der Waals surface area contributed by atoms with Crippen LogP contribution in [0.15, 0.2) is 6.07 Å². The molecule has 2 aliphatic rings. The van der Waals surface area contributed by atoms with Crippen molar-refractivity contribution in [1.82, 2.24) is 10.2 Å². The summed E-state index contributed by atoms with van der Waals surface area (Å²) >= 11 is 0. The zero-order chi connectivity index (χ0) is 15.3. The lowest BCUT2D eigenvalue weighted by Gasteiger charge is -2.29. The zero-order valence-electron chi connectivity index (χ0n) is 10.9.